The molecule has 2 aliphatic rings. The largest absolute Gasteiger partial charge is 0.363 e. The fraction of sp³-hybridized carbons (Fsp3) is 0.714. The number of amides is 3. The highest BCUT2D eigenvalue weighted by molar-refractivity contribution is 6.37. The van der Waals surface area contributed by atoms with Crippen molar-refractivity contribution in [1.82, 2.24) is 10.2 Å². The summed E-state index contributed by atoms with van der Waals surface area (Å²) in [6.45, 7) is 3.88. The van der Waals surface area contributed by atoms with E-state index < -0.39 is 23.8 Å². The molecule has 4 atom stereocenters. The van der Waals surface area contributed by atoms with Crippen molar-refractivity contribution in [2.24, 2.45) is 17.6 Å². The van der Waals surface area contributed by atoms with Crippen LogP contribution in [0.1, 0.15) is 33.1 Å². The lowest BCUT2D eigenvalue weighted by molar-refractivity contribution is -0.141. The van der Waals surface area contributed by atoms with Crippen molar-refractivity contribution in [1.29, 1.82) is 0 Å². The van der Waals surface area contributed by atoms with Gasteiger partial charge in [-0.05, 0) is 24.7 Å². The molecule has 1 unspecified atom stereocenters. The number of primary amides is 1. The van der Waals surface area contributed by atoms with E-state index in [2.05, 4.69) is 5.32 Å². The normalized spacial score (nSPS) is 27.7. The van der Waals surface area contributed by atoms with Crippen LogP contribution in [0.4, 0.5) is 0 Å². The minimum atomic E-state index is -1.05. The molecule has 21 heavy (non-hydrogen) atoms. The second kappa shape index (κ2) is 5.83. The number of nitrogens with zero attached hydrogens (tertiary/aromatic N) is 1. The number of Topliss-reactive ketones (excluding diaryl/α,β-unsaturated/α-hetero) is 1. The first-order valence-corrected chi connectivity index (χ1v) is 7.28. The van der Waals surface area contributed by atoms with Gasteiger partial charge in [0.1, 0.15) is 6.04 Å². The first-order valence-electron chi connectivity index (χ1n) is 7.28. The topological polar surface area (TPSA) is 110 Å². The van der Waals surface area contributed by atoms with Crippen LogP contribution in [0.15, 0.2) is 0 Å². The zero-order valence-corrected chi connectivity index (χ0v) is 12.3. The van der Waals surface area contributed by atoms with E-state index in [1.807, 2.05) is 6.92 Å². The number of carbonyl (C=O) groups excluding carboxylic acids is 4. The van der Waals surface area contributed by atoms with Crippen molar-refractivity contribution < 1.29 is 19.2 Å². The van der Waals surface area contributed by atoms with Gasteiger partial charge in [0, 0.05) is 13.5 Å². The van der Waals surface area contributed by atoms with Crippen LogP contribution in [-0.4, -0.2) is 47.0 Å². The molecule has 2 fully saturated rings. The van der Waals surface area contributed by atoms with Gasteiger partial charge in [-0.2, -0.15) is 0 Å². The van der Waals surface area contributed by atoms with E-state index in [1.165, 1.54) is 6.92 Å². The highest BCUT2D eigenvalue weighted by atomic mass is 16.2. The van der Waals surface area contributed by atoms with Crippen molar-refractivity contribution in [3.8, 4) is 0 Å². The van der Waals surface area contributed by atoms with Crippen LogP contribution < -0.4 is 11.1 Å². The Morgan fingerprint density at radius 2 is 2.00 bits per heavy atom. The Morgan fingerprint density at radius 1 is 1.33 bits per heavy atom. The van der Waals surface area contributed by atoms with Crippen molar-refractivity contribution >= 4 is 23.5 Å². The molecular formula is C14H21N3O4. The second-order valence-corrected chi connectivity index (χ2v) is 5.85. The van der Waals surface area contributed by atoms with Gasteiger partial charge < -0.3 is 16.0 Å². The Labute approximate surface area is 123 Å². The second-order valence-electron chi connectivity index (χ2n) is 5.85. The predicted octanol–water partition coefficient (Wildman–Crippen LogP) is -0.807. The van der Waals surface area contributed by atoms with E-state index in [0.29, 0.717) is 25.3 Å². The molecule has 0 bridgehead atoms. The summed E-state index contributed by atoms with van der Waals surface area (Å²) in [7, 11) is 0. The van der Waals surface area contributed by atoms with Gasteiger partial charge in [-0.3, -0.25) is 19.2 Å². The molecule has 1 aliphatic carbocycles. The van der Waals surface area contributed by atoms with Gasteiger partial charge >= 0.3 is 0 Å². The lowest BCUT2D eigenvalue weighted by atomic mass is 10.0. The number of rotatable bonds is 6. The Bertz CT molecular complexity index is 491. The lowest BCUT2D eigenvalue weighted by Gasteiger charge is -2.27. The molecule has 116 valence electrons. The molecule has 2 rings (SSSR count). The number of hydrogen-bond acceptors (Lipinski definition) is 4. The summed E-state index contributed by atoms with van der Waals surface area (Å²) in [4.78, 5) is 48.3. The molecule has 3 amide bonds. The maximum absolute atomic E-state index is 12.4. The van der Waals surface area contributed by atoms with Gasteiger partial charge in [-0.25, -0.2) is 0 Å². The minimum Gasteiger partial charge on any atom is -0.363 e. The first-order chi connectivity index (χ1) is 9.86. The van der Waals surface area contributed by atoms with E-state index in [9.17, 15) is 19.2 Å². The van der Waals surface area contributed by atoms with E-state index >= 15 is 0 Å². The third-order valence-electron chi connectivity index (χ3n) is 4.28. The smallest absolute Gasteiger partial charge is 0.287 e. The number of nitrogens with two attached hydrogens (primary N) is 1. The third-order valence-corrected chi connectivity index (χ3v) is 4.28. The molecule has 1 aliphatic heterocycles. The molecule has 0 radical (unpaired) electrons. The van der Waals surface area contributed by atoms with Crippen LogP contribution >= 0.6 is 0 Å². The molecule has 1 heterocycles. The number of likely N-dealkylation sites (tertiary alicyclic amines) is 1. The van der Waals surface area contributed by atoms with Crippen molar-refractivity contribution in [2.45, 2.75) is 45.2 Å². The van der Waals surface area contributed by atoms with Crippen LogP contribution in [0.2, 0.25) is 0 Å². The monoisotopic (exact) mass is 295 g/mol. The van der Waals surface area contributed by atoms with Crippen molar-refractivity contribution in [3.63, 3.8) is 0 Å². The van der Waals surface area contributed by atoms with E-state index in [1.54, 1.807) is 4.90 Å². The maximum Gasteiger partial charge on any atom is 0.287 e. The Hall–Kier alpha value is -1.92. The molecule has 3 N–H and O–H groups in total. The molecule has 0 aromatic carbocycles. The van der Waals surface area contributed by atoms with Gasteiger partial charge in [0.2, 0.25) is 17.6 Å². The highest BCUT2D eigenvalue weighted by Gasteiger charge is 2.56. The Morgan fingerprint density at radius 3 is 2.52 bits per heavy atom. The minimum absolute atomic E-state index is 0.143. The number of ketones is 1. The molecule has 0 aromatic heterocycles. The van der Waals surface area contributed by atoms with Crippen LogP contribution in [0.25, 0.3) is 0 Å². The molecule has 1 saturated carbocycles. The lowest BCUT2D eigenvalue weighted by Crippen LogP contribution is -2.53. The summed E-state index contributed by atoms with van der Waals surface area (Å²) in [5, 5.41) is 2.60. The van der Waals surface area contributed by atoms with Crippen LogP contribution in [0.3, 0.4) is 0 Å². The molecular weight excluding hydrogens is 274 g/mol. The first kappa shape index (κ1) is 15.5. The summed E-state index contributed by atoms with van der Waals surface area (Å²) >= 11 is 0. The van der Waals surface area contributed by atoms with Crippen molar-refractivity contribution in [2.75, 3.05) is 6.54 Å². The fourth-order valence-corrected chi connectivity index (χ4v) is 3.11. The van der Waals surface area contributed by atoms with Gasteiger partial charge in [0.05, 0.1) is 6.04 Å². The van der Waals surface area contributed by atoms with E-state index in [-0.39, 0.29) is 17.7 Å². The third kappa shape index (κ3) is 3.06. The van der Waals surface area contributed by atoms with Crippen LogP contribution in [0, 0.1) is 11.8 Å². The molecule has 7 nitrogen and oxygen atoms in total. The number of hydrogen-bond donors (Lipinski definition) is 2. The van der Waals surface area contributed by atoms with Gasteiger partial charge in [0.15, 0.2) is 0 Å². The standard InChI is InChI=1S/C14H21N3O4/c1-3-4-10(12(19)13(15)20)16-14(21)11-9-5-8(9)6-17(11)7(2)18/h8-11H,3-6H2,1-2H3,(H2,15,20)(H,16,21)/t8-,9-,10?,11-/m0/s1. The zero-order valence-electron chi connectivity index (χ0n) is 12.3. The zero-order chi connectivity index (χ0) is 15.7. The summed E-state index contributed by atoms with van der Waals surface area (Å²) in [5.74, 6) is -1.77. The van der Waals surface area contributed by atoms with Gasteiger partial charge in [-0.15, -0.1) is 0 Å². The van der Waals surface area contributed by atoms with E-state index in [4.69, 9.17) is 5.73 Å². The fourth-order valence-electron chi connectivity index (χ4n) is 3.11. The predicted molar refractivity (Wildman–Crippen MR) is 73.8 cm³/mol. The molecule has 0 aromatic rings. The van der Waals surface area contributed by atoms with E-state index in [0.717, 1.165) is 6.42 Å². The van der Waals surface area contributed by atoms with Crippen LogP contribution in [0.5, 0.6) is 0 Å². The number of piperidine rings is 1. The number of fused-ring (bicyclic) bond motifs is 1. The summed E-state index contributed by atoms with van der Waals surface area (Å²) in [5.41, 5.74) is 5.00. The van der Waals surface area contributed by atoms with Crippen molar-refractivity contribution in [3.05, 3.63) is 0 Å². The molecule has 7 heteroatoms. The quantitative estimate of drug-likeness (QED) is 0.625. The van der Waals surface area contributed by atoms with Gasteiger partial charge in [0.25, 0.3) is 5.91 Å². The number of nitrogens with one attached hydrogen (secondary N) is 1. The summed E-state index contributed by atoms with van der Waals surface area (Å²) in [6, 6.07) is -1.42. The maximum atomic E-state index is 12.4. The average Bonchev–Trinajstić information content (AvgIpc) is 3.07. The Balaban J connectivity index is 2.06. The average molecular weight is 295 g/mol. The molecule has 1 saturated heterocycles. The summed E-state index contributed by atoms with van der Waals surface area (Å²) < 4.78 is 0. The number of carbonyl (C=O) groups is 4. The summed E-state index contributed by atoms with van der Waals surface area (Å²) in [6.07, 6.45) is 1.93. The Kier molecular flexibility index (Phi) is 4.29. The highest BCUT2D eigenvalue weighted by Crippen LogP contribution is 2.49. The van der Waals surface area contributed by atoms with Crippen LogP contribution in [-0.2, 0) is 19.2 Å². The molecule has 0 spiro atoms. The van der Waals surface area contributed by atoms with Gasteiger partial charge in [-0.1, -0.05) is 13.3 Å². The SMILES string of the molecule is CCCC(NC(=O)[C@@H]1[C@H]2C[C@H]2CN1C(C)=O)C(=O)C(N)=O.